The maximum atomic E-state index is 12.3. The number of rotatable bonds is 1. The van der Waals surface area contributed by atoms with Gasteiger partial charge in [-0.25, -0.2) is 0 Å². The molecule has 0 aliphatic heterocycles. The fourth-order valence-corrected chi connectivity index (χ4v) is 7.86. The van der Waals surface area contributed by atoms with Gasteiger partial charge in [0.1, 0.15) is 17.1 Å². The number of hydrogen-bond acceptors (Lipinski definition) is 4. The van der Waals surface area contributed by atoms with Crippen molar-refractivity contribution in [3.63, 3.8) is 0 Å². The van der Waals surface area contributed by atoms with E-state index in [0.717, 1.165) is 36.4 Å². The smallest absolute Gasteiger partial charge is 0.155 e. The van der Waals surface area contributed by atoms with Crippen molar-refractivity contribution in [2.45, 2.75) is 76.9 Å². The molecule has 160 valence electrons. The molecule has 3 saturated carbocycles. The van der Waals surface area contributed by atoms with Gasteiger partial charge in [0, 0.05) is 17.8 Å². The molecule has 4 aliphatic rings. The molecule has 4 aliphatic carbocycles. The first-order valence-electron chi connectivity index (χ1n) is 11.3. The Balaban J connectivity index is 1.68. The minimum Gasteiger partial charge on any atom is -0.466 e. The van der Waals surface area contributed by atoms with Gasteiger partial charge in [-0.15, -0.1) is 6.42 Å². The maximum Gasteiger partial charge on any atom is 0.155 e. The summed E-state index contributed by atoms with van der Waals surface area (Å²) in [5.74, 6) is 5.14. The molecule has 0 amide bonds. The zero-order valence-electron chi connectivity index (χ0n) is 18.1. The number of allylic oxidation sites excluding steroid dienone is 1. The largest absolute Gasteiger partial charge is 0.466 e. The van der Waals surface area contributed by atoms with Gasteiger partial charge in [-0.2, -0.15) is 0 Å². The number of aliphatic hydroxyl groups is 2. The number of hydrogen-bond donors (Lipinski definition) is 2. The predicted octanol–water partition coefficient (Wildman–Crippen LogP) is 4.15. The van der Waals surface area contributed by atoms with Crippen molar-refractivity contribution in [2.75, 3.05) is 0 Å². The fraction of sp³-hybridized carbons (Fsp3) is 0.654. The van der Waals surface area contributed by atoms with Crippen LogP contribution in [-0.2, 0) is 4.79 Å². The molecule has 0 spiro atoms. The van der Waals surface area contributed by atoms with E-state index in [2.05, 4.69) is 19.8 Å². The number of fused-ring (bicyclic) bond motifs is 5. The van der Waals surface area contributed by atoms with Gasteiger partial charge < -0.3 is 14.6 Å². The highest BCUT2D eigenvalue weighted by molar-refractivity contribution is 5.91. The average Bonchev–Trinajstić information content (AvgIpc) is 3.23. The number of terminal acetylenes is 1. The molecule has 0 aromatic carbocycles. The first-order chi connectivity index (χ1) is 14.1. The van der Waals surface area contributed by atoms with Crippen LogP contribution in [0.15, 0.2) is 28.2 Å². The van der Waals surface area contributed by atoms with Crippen LogP contribution in [0.5, 0.6) is 0 Å². The standard InChI is InChI=1S/C26H32O4/c1-5-26(29)11-9-19-22-18(21-7-6-15(2)30-21)13-16-12-17(27)8-10-24(16,3)23(22)20(28)14-25(19,26)4/h1,6-7,12,18-20,22-23,28-29H,8-11,13-14H2,2-4H3/t18-,19-,20+,22-,23?,24-,25-,26?/m0/s1. The van der Waals surface area contributed by atoms with Crippen LogP contribution in [0, 0.1) is 47.9 Å². The van der Waals surface area contributed by atoms with E-state index in [4.69, 9.17) is 10.8 Å². The number of aryl methyl sites for hydroxylation is 1. The molecule has 2 unspecified atom stereocenters. The van der Waals surface area contributed by atoms with E-state index in [1.165, 1.54) is 0 Å². The van der Waals surface area contributed by atoms with Crippen LogP contribution in [0.4, 0.5) is 0 Å². The summed E-state index contributed by atoms with van der Waals surface area (Å²) < 4.78 is 6.11. The molecule has 4 heteroatoms. The molecule has 1 aromatic rings. The van der Waals surface area contributed by atoms with E-state index in [1.807, 2.05) is 25.1 Å². The highest BCUT2D eigenvalue weighted by Crippen LogP contribution is 2.70. The Labute approximate surface area is 178 Å². The summed E-state index contributed by atoms with van der Waals surface area (Å²) in [5.41, 5.74) is -0.752. The lowest BCUT2D eigenvalue weighted by molar-refractivity contribution is -0.162. The van der Waals surface area contributed by atoms with Gasteiger partial charge in [-0.05, 0) is 80.4 Å². The van der Waals surface area contributed by atoms with Crippen LogP contribution in [0.25, 0.3) is 0 Å². The quantitative estimate of drug-likeness (QED) is 0.685. The Bertz CT molecular complexity index is 966. The Morgan fingerprint density at radius 3 is 2.70 bits per heavy atom. The molecule has 0 radical (unpaired) electrons. The van der Waals surface area contributed by atoms with Gasteiger partial charge >= 0.3 is 0 Å². The van der Waals surface area contributed by atoms with Crippen LogP contribution in [-0.4, -0.2) is 27.7 Å². The Morgan fingerprint density at radius 2 is 2.03 bits per heavy atom. The second kappa shape index (κ2) is 6.34. The van der Waals surface area contributed by atoms with Crippen molar-refractivity contribution in [1.82, 2.24) is 0 Å². The molecule has 3 fully saturated rings. The minimum atomic E-state index is -1.19. The Hall–Kier alpha value is -1.83. The topological polar surface area (TPSA) is 70.7 Å². The molecule has 1 aromatic heterocycles. The van der Waals surface area contributed by atoms with Gasteiger partial charge in [0.2, 0.25) is 0 Å². The summed E-state index contributed by atoms with van der Waals surface area (Å²) in [7, 11) is 0. The maximum absolute atomic E-state index is 12.3. The van der Waals surface area contributed by atoms with E-state index < -0.39 is 17.1 Å². The molecule has 2 N–H and O–H groups in total. The molecule has 0 bridgehead atoms. The number of ketones is 1. The van der Waals surface area contributed by atoms with Crippen molar-refractivity contribution in [3.8, 4) is 12.3 Å². The first kappa shape index (κ1) is 20.1. The highest BCUT2D eigenvalue weighted by atomic mass is 16.3. The van der Waals surface area contributed by atoms with Crippen LogP contribution in [0.1, 0.15) is 69.8 Å². The second-order valence-electron chi connectivity index (χ2n) is 10.8. The van der Waals surface area contributed by atoms with Crippen molar-refractivity contribution in [2.24, 2.45) is 28.6 Å². The summed E-state index contributed by atoms with van der Waals surface area (Å²) >= 11 is 0. The Kier molecular flexibility index (Phi) is 4.25. The molecule has 0 saturated heterocycles. The van der Waals surface area contributed by atoms with Crippen LogP contribution < -0.4 is 0 Å². The van der Waals surface area contributed by atoms with Crippen molar-refractivity contribution < 1.29 is 19.4 Å². The lowest BCUT2D eigenvalue weighted by atomic mass is 9.43. The van der Waals surface area contributed by atoms with Crippen LogP contribution in [0.2, 0.25) is 0 Å². The number of carbonyl (C=O) groups excluding carboxylic acids is 1. The van der Waals surface area contributed by atoms with Gasteiger partial charge in [0.05, 0.1) is 6.10 Å². The third-order valence-corrected chi connectivity index (χ3v) is 9.47. The summed E-state index contributed by atoms with van der Waals surface area (Å²) in [4.78, 5) is 12.3. The lowest BCUT2D eigenvalue weighted by Gasteiger charge is -2.62. The molecule has 8 atom stereocenters. The zero-order valence-corrected chi connectivity index (χ0v) is 18.1. The van der Waals surface area contributed by atoms with Gasteiger partial charge in [-0.1, -0.05) is 25.3 Å². The highest BCUT2D eigenvalue weighted by Gasteiger charge is 2.68. The summed E-state index contributed by atoms with van der Waals surface area (Å²) in [6.45, 7) is 6.26. The normalized spacial score (nSPS) is 47.7. The molecule has 30 heavy (non-hydrogen) atoms. The first-order valence-corrected chi connectivity index (χ1v) is 11.3. The molecule has 1 heterocycles. The molecule has 5 rings (SSSR count). The number of carbonyl (C=O) groups is 1. The number of furan rings is 1. The fourth-order valence-electron chi connectivity index (χ4n) is 7.86. The SMILES string of the molecule is C#CC1(O)CC[C@H]2[C@H]3C([C@H](O)C[C@@]21C)[C@@]1(C)CCC(=O)C=C1C[C@H]3c1ccc(C)o1. The summed E-state index contributed by atoms with van der Waals surface area (Å²) in [6.07, 6.45) is 11.1. The van der Waals surface area contributed by atoms with Crippen molar-refractivity contribution in [1.29, 1.82) is 0 Å². The van der Waals surface area contributed by atoms with Gasteiger partial charge in [0.15, 0.2) is 5.78 Å². The van der Waals surface area contributed by atoms with E-state index in [9.17, 15) is 15.0 Å². The molecular weight excluding hydrogens is 376 g/mol. The third kappa shape index (κ3) is 2.46. The second-order valence-corrected chi connectivity index (χ2v) is 10.8. The van der Waals surface area contributed by atoms with E-state index in [0.29, 0.717) is 19.3 Å². The minimum absolute atomic E-state index is 0.0270. The number of aliphatic hydroxyl groups excluding tert-OH is 1. The predicted molar refractivity (Wildman–Crippen MR) is 113 cm³/mol. The molecule has 4 nitrogen and oxygen atoms in total. The third-order valence-electron chi connectivity index (χ3n) is 9.47. The van der Waals surface area contributed by atoms with Crippen molar-refractivity contribution >= 4 is 5.78 Å². The zero-order chi connectivity index (χ0) is 21.5. The van der Waals surface area contributed by atoms with Gasteiger partial charge in [-0.3, -0.25) is 4.79 Å². The van der Waals surface area contributed by atoms with Crippen molar-refractivity contribution in [3.05, 3.63) is 35.3 Å². The monoisotopic (exact) mass is 408 g/mol. The van der Waals surface area contributed by atoms with Gasteiger partial charge in [0.25, 0.3) is 0 Å². The van der Waals surface area contributed by atoms with Crippen LogP contribution in [0.3, 0.4) is 0 Å². The van der Waals surface area contributed by atoms with E-state index >= 15 is 0 Å². The van der Waals surface area contributed by atoms with Crippen LogP contribution >= 0.6 is 0 Å². The molecular formula is C26H32O4. The Morgan fingerprint density at radius 1 is 1.27 bits per heavy atom. The summed E-state index contributed by atoms with van der Waals surface area (Å²) in [6, 6.07) is 4.04. The average molecular weight is 409 g/mol. The lowest BCUT2D eigenvalue weighted by Crippen LogP contribution is -2.61. The van der Waals surface area contributed by atoms with E-state index in [1.54, 1.807) is 0 Å². The van der Waals surface area contributed by atoms with E-state index in [-0.39, 0.29) is 34.9 Å². The summed E-state index contributed by atoms with van der Waals surface area (Å²) in [5, 5.41) is 22.9.